The van der Waals surface area contributed by atoms with Crippen LogP contribution in [0.4, 0.5) is 0 Å². The molecule has 16 heavy (non-hydrogen) atoms. The predicted octanol–water partition coefficient (Wildman–Crippen LogP) is 3.36. The maximum Gasteiger partial charge on any atom is 0.0732 e. The predicted molar refractivity (Wildman–Crippen MR) is 69.7 cm³/mol. The van der Waals surface area contributed by atoms with Gasteiger partial charge in [-0.2, -0.15) is 0 Å². The molecule has 1 aliphatic rings. The molecule has 2 heteroatoms. The van der Waals surface area contributed by atoms with Crippen molar-refractivity contribution in [1.82, 2.24) is 5.32 Å². The molecule has 0 aromatic rings. The van der Waals surface area contributed by atoms with Gasteiger partial charge in [-0.1, -0.05) is 27.2 Å². The van der Waals surface area contributed by atoms with Crippen molar-refractivity contribution in [2.24, 2.45) is 5.92 Å². The minimum Gasteiger partial charge on any atom is -0.374 e. The van der Waals surface area contributed by atoms with Crippen LogP contribution in [0.5, 0.6) is 0 Å². The van der Waals surface area contributed by atoms with Crippen LogP contribution in [0.25, 0.3) is 0 Å². The van der Waals surface area contributed by atoms with Gasteiger partial charge in [0.25, 0.3) is 0 Å². The highest BCUT2D eigenvalue weighted by atomic mass is 16.5. The van der Waals surface area contributed by atoms with Crippen molar-refractivity contribution in [1.29, 1.82) is 0 Å². The van der Waals surface area contributed by atoms with Gasteiger partial charge in [0.15, 0.2) is 0 Å². The van der Waals surface area contributed by atoms with Crippen LogP contribution in [-0.2, 0) is 4.74 Å². The molecular formula is C14H29NO. The summed E-state index contributed by atoms with van der Waals surface area (Å²) in [6.45, 7) is 10.2. The number of hydrogen-bond donors (Lipinski definition) is 1. The van der Waals surface area contributed by atoms with Crippen LogP contribution in [0.1, 0.15) is 59.8 Å². The molecule has 1 heterocycles. The lowest BCUT2D eigenvalue weighted by molar-refractivity contribution is 0.0266. The molecular weight excluding hydrogens is 198 g/mol. The second-order valence-electron chi connectivity index (χ2n) is 5.37. The average molecular weight is 227 g/mol. The molecule has 96 valence electrons. The van der Waals surface area contributed by atoms with Crippen molar-refractivity contribution in [3.63, 3.8) is 0 Å². The lowest BCUT2D eigenvalue weighted by Gasteiger charge is -2.27. The molecule has 1 saturated heterocycles. The Balaban J connectivity index is 2.42. The zero-order valence-electron chi connectivity index (χ0n) is 11.5. The molecule has 2 nitrogen and oxygen atoms in total. The molecule has 1 N–H and O–H groups in total. The van der Waals surface area contributed by atoms with Crippen LogP contribution >= 0.6 is 0 Å². The van der Waals surface area contributed by atoms with Gasteiger partial charge in [0.2, 0.25) is 0 Å². The quantitative estimate of drug-likeness (QED) is 0.720. The van der Waals surface area contributed by atoms with E-state index in [1.807, 2.05) is 0 Å². The molecule has 1 rings (SSSR count). The summed E-state index contributed by atoms with van der Waals surface area (Å²) in [4.78, 5) is 0. The van der Waals surface area contributed by atoms with E-state index in [1.54, 1.807) is 0 Å². The van der Waals surface area contributed by atoms with Crippen molar-refractivity contribution in [2.75, 3.05) is 6.54 Å². The van der Waals surface area contributed by atoms with E-state index < -0.39 is 0 Å². The second-order valence-corrected chi connectivity index (χ2v) is 5.37. The zero-order chi connectivity index (χ0) is 12.0. The van der Waals surface area contributed by atoms with Crippen molar-refractivity contribution in [3.8, 4) is 0 Å². The Kier molecular flexibility index (Phi) is 6.37. The third-order valence-electron chi connectivity index (χ3n) is 3.72. The lowest BCUT2D eigenvalue weighted by atomic mass is 9.94. The Labute approximate surface area is 101 Å². The van der Waals surface area contributed by atoms with E-state index in [4.69, 9.17) is 4.74 Å². The van der Waals surface area contributed by atoms with Gasteiger partial charge >= 0.3 is 0 Å². The zero-order valence-corrected chi connectivity index (χ0v) is 11.5. The highest BCUT2D eigenvalue weighted by Crippen LogP contribution is 2.25. The van der Waals surface area contributed by atoms with E-state index in [9.17, 15) is 0 Å². The van der Waals surface area contributed by atoms with E-state index in [0.717, 1.165) is 12.5 Å². The van der Waals surface area contributed by atoms with Crippen LogP contribution < -0.4 is 5.32 Å². The van der Waals surface area contributed by atoms with Gasteiger partial charge in [-0.05, 0) is 45.1 Å². The minimum atomic E-state index is 0.454. The Bertz CT molecular complexity index is 184. The van der Waals surface area contributed by atoms with Crippen molar-refractivity contribution in [2.45, 2.75) is 78.0 Å². The molecule has 0 amide bonds. The fourth-order valence-electron chi connectivity index (χ4n) is 2.43. The van der Waals surface area contributed by atoms with Gasteiger partial charge in [0.1, 0.15) is 0 Å². The summed E-state index contributed by atoms with van der Waals surface area (Å²) in [5.74, 6) is 0.800. The number of ether oxygens (including phenoxy) is 1. The maximum absolute atomic E-state index is 6.00. The van der Waals surface area contributed by atoms with Crippen LogP contribution in [0.15, 0.2) is 0 Å². The normalized spacial score (nSPS) is 29.2. The van der Waals surface area contributed by atoms with Gasteiger partial charge in [0.05, 0.1) is 12.2 Å². The number of nitrogens with one attached hydrogen (secondary N) is 1. The molecule has 0 saturated carbocycles. The summed E-state index contributed by atoms with van der Waals surface area (Å²) >= 11 is 0. The first-order valence-corrected chi connectivity index (χ1v) is 7.06. The third kappa shape index (κ3) is 4.42. The average Bonchev–Trinajstić information content (AvgIpc) is 2.70. The largest absolute Gasteiger partial charge is 0.374 e. The fraction of sp³-hybridized carbons (Fsp3) is 1.00. The van der Waals surface area contributed by atoms with Crippen molar-refractivity contribution < 1.29 is 4.74 Å². The molecule has 0 aromatic heterocycles. The Morgan fingerprint density at radius 3 is 2.56 bits per heavy atom. The summed E-state index contributed by atoms with van der Waals surface area (Å²) in [6, 6.07) is 0.569. The monoisotopic (exact) mass is 227 g/mol. The van der Waals surface area contributed by atoms with Crippen LogP contribution in [0.3, 0.4) is 0 Å². The van der Waals surface area contributed by atoms with E-state index in [1.165, 1.54) is 32.1 Å². The summed E-state index contributed by atoms with van der Waals surface area (Å²) in [5, 5.41) is 3.67. The maximum atomic E-state index is 6.00. The smallest absolute Gasteiger partial charge is 0.0732 e. The third-order valence-corrected chi connectivity index (χ3v) is 3.72. The SMILES string of the molecule is CCCNC(CC(C)CC)C1CCC(C)O1. The van der Waals surface area contributed by atoms with E-state index in [-0.39, 0.29) is 0 Å². The van der Waals surface area contributed by atoms with E-state index in [2.05, 4.69) is 33.0 Å². The van der Waals surface area contributed by atoms with Gasteiger partial charge in [-0.15, -0.1) is 0 Å². The topological polar surface area (TPSA) is 21.3 Å². The van der Waals surface area contributed by atoms with Gasteiger partial charge < -0.3 is 10.1 Å². The molecule has 0 aromatic carbocycles. The first kappa shape index (κ1) is 14.0. The minimum absolute atomic E-state index is 0.454. The standard InChI is InChI=1S/C14H29NO/c1-5-9-15-13(10-11(3)6-2)14-8-7-12(4)16-14/h11-15H,5-10H2,1-4H3. The van der Waals surface area contributed by atoms with E-state index in [0.29, 0.717) is 18.2 Å². The van der Waals surface area contributed by atoms with Gasteiger partial charge in [0, 0.05) is 6.04 Å². The highest BCUT2D eigenvalue weighted by Gasteiger charge is 2.29. The van der Waals surface area contributed by atoms with Gasteiger partial charge in [-0.25, -0.2) is 0 Å². The Morgan fingerprint density at radius 1 is 1.31 bits per heavy atom. The first-order valence-electron chi connectivity index (χ1n) is 7.06. The first-order chi connectivity index (χ1) is 7.67. The summed E-state index contributed by atoms with van der Waals surface area (Å²) in [5.41, 5.74) is 0. The van der Waals surface area contributed by atoms with Crippen LogP contribution in [0.2, 0.25) is 0 Å². The van der Waals surface area contributed by atoms with Crippen molar-refractivity contribution >= 4 is 0 Å². The summed E-state index contributed by atoms with van der Waals surface area (Å²) in [7, 11) is 0. The molecule has 0 spiro atoms. The fourth-order valence-corrected chi connectivity index (χ4v) is 2.43. The molecule has 4 atom stereocenters. The van der Waals surface area contributed by atoms with Gasteiger partial charge in [-0.3, -0.25) is 0 Å². The molecule has 4 unspecified atom stereocenters. The Morgan fingerprint density at radius 2 is 2.06 bits per heavy atom. The van der Waals surface area contributed by atoms with E-state index >= 15 is 0 Å². The molecule has 1 fully saturated rings. The lowest BCUT2D eigenvalue weighted by Crippen LogP contribution is -2.41. The van der Waals surface area contributed by atoms with Crippen LogP contribution in [-0.4, -0.2) is 24.8 Å². The summed E-state index contributed by atoms with van der Waals surface area (Å²) < 4.78 is 6.00. The molecule has 0 aliphatic carbocycles. The molecule has 1 aliphatic heterocycles. The summed E-state index contributed by atoms with van der Waals surface area (Å²) in [6.07, 6.45) is 7.12. The molecule has 0 radical (unpaired) electrons. The van der Waals surface area contributed by atoms with Crippen LogP contribution in [0, 0.1) is 5.92 Å². The number of rotatable bonds is 7. The number of hydrogen-bond acceptors (Lipinski definition) is 2. The Hall–Kier alpha value is -0.0800. The highest BCUT2D eigenvalue weighted by molar-refractivity contribution is 4.83. The molecule has 0 bridgehead atoms. The van der Waals surface area contributed by atoms with Crippen molar-refractivity contribution in [3.05, 3.63) is 0 Å². The second kappa shape index (κ2) is 7.29.